The normalized spacial score (nSPS) is 18.4. The molecule has 12 heteroatoms. The number of carbonyl (C=O) groups is 1. The van der Waals surface area contributed by atoms with E-state index in [4.69, 9.17) is 21.8 Å². The summed E-state index contributed by atoms with van der Waals surface area (Å²) in [6, 6.07) is 4.56. The third kappa shape index (κ3) is 5.78. The van der Waals surface area contributed by atoms with E-state index in [1.54, 1.807) is 19.3 Å². The summed E-state index contributed by atoms with van der Waals surface area (Å²) in [5, 5.41) is 14.3. The minimum absolute atomic E-state index is 0.0293. The molecule has 0 bridgehead atoms. The first-order chi connectivity index (χ1) is 19.5. The van der Waals surface area contributed by atoms with Crippen LogP contribution >= 0.6 is 11.6 Å². The number of alkyl halides is 2. The number of pyridine rings is 1. The fraction of sp³-hybridized carbons (Fsp3) is 0.414. The van der Waals surface area contributed by atoms with Crippen molar-refractivity contribution in [2.75, 3.05) is 13.6 Å². The number of nitrogens with one attached hydrogen (secondary N) is 1. The van der Waals surface area contributed by atoms with Gasteiger partial charge in [0.2, 0.25) is 0 Å². The van der Waals surface area contributed by atoms with Crippen LogP contribution in [0.25, 0.3) is 22.2 Å². The van der Waals surface area contributed by atoms with Crippen LogP contribution in [-0.4, -0.2) is 62.0 Å². The average Bonchev–Trinajstić information content (AvgIpc) is 3.53. The Balaban J connectivity index is 1.42. The summed E-state index contributed by atoms with van der Waals surface area (Å²) in [7, 11) is 1.85. The predicted octanol–water partition coefficient (Wildman–Crippen LogP) is 6.78. The first-order valence-corrected chi connectivity index (χ1v) is 13.8. The number of H-pyrrole nitrogens is 1. The fourth-order valence-corrected chi connectivity index (χ4v) is 6.32. The maximum Gasteiger partial charge on any atom is 0.387 e. The van der Waals surface area contributed by atoms with Crippen molar-refractivity contribution in [1.82, 2.24) is 24.6 Å². The van der Waals surface area contributed by atoms with Gasteiger partial charge >= 0.3 is 12.6 Å². The molecular weight excluding hydrogens is 559 g/mol. The number of fused-ring (bicyclic) bond motifs is 1. The zero-order valence-electron chi connectivity index (χ0n) is 22.9. The highest BCUT2D eigenvalue weighted by atomic mass is 35.5. The lowest BCUT2D eigenvalue weighted by Gasteiger charge is -2.34. The van der Waals surface area contributed by atoms with Crippen LogP contribution in [0.2, 0.25) is 5.02 Å². The van der Waals surface area contributed by atoms with E-state index in [0.29, 0.717) is 11.2 Å². The number of aromatic amines is 1. The number of halogens is 4. The van der Waals surface area contributed by atoms with Gasteiger partial charge in [0.1, 0.15) is 17.2 Å². The first-order valence-electron chi connectivity index (χ1n) is 13.4. The van der Waals surface area contributed by atoms with Crippen molar-refractivity contribution < 1.29 is 27.8 Å². The second kappa shape index (κ2) is 11.7. The van der Waals surface area contributed by atoms with Crippen LogP contribution in [0.5, 0.6) is 5.75 Å². The molecule has 8 nitrogen and oxygen atoms in total. The Morgan fingerprint density at radius 3 is 2.68 bits per heavy atom. The van der Waals surface area contributed by atoms with Crippen molar-refractivity contribution in [3.63, 3.8) is 0 Å². The standard InChI is InChI=1S/C29H31ClF3N5O3/c1-15(26-24(41-29(32)33)9-8-23(31)27(26)30)21-12-35-28-20(21)10-17(11-34-28)22-13-36-38(16(22)2)19-6-4-18(5-7-19)37(3)14-25(39)40/h8-13,15,18-19,29H,4-7,14H2,1-3H3,(H,34,35)(H,39,40). The van der Waals surface area contributed by atoms with E-state index in [-0.39, 0.29) is 35.0 Å². The van der Waals surface area contributed by atoms with Crippen LogP contribution in [0.15, 0.2) is 36.8 Å². The van der Waals surface area contributed by atoms with Gasteiger partial charge in [0.15, 0.2) is 0 Å². The third-order valence-electron chi connectivity index (χ3n) is 8.15. The highest BCUT2D eigenvalue weighted by Crippen LogP contribution is 2.42. The summed E-state index contributed by atoms with van der Waals surface area (Å²) < 4.78 is 47.3. The molecule has 1 fully saturated rings. The minimum atomic E-state index is -3.08. The van der Waals surface area contributed by atoms with E-state index in [1.807, 2.05) is 35.8 Å². The van der Waals surface area contributed by atoms with Crippen LogP contribution in [-0.2, 0) is 4.79 Å². The number of ether oxygens (including phenoxy) is 1. The summed E-state index contributed by atoms with van der Waals surface area (Å²) in [4.78, 5) is 20.7. The summed E-state index contributed by atoms with van der Waals surface area (Å²) in [6.07, 6.45) is 8.85. The number of likely N-dealkylation sites (N-methyl/N-ethyl adjacent to an activating group) is 1. The molecule has 3 heterocycles. The second-order valence-electron chi connectivity index (χ2n) is 10.6. The Morgan fingerprint density at radius 2 is 2.00 bits per heavy atom. The molecule has 1 aliphatic rings. The Labute approximate surface area is 240 Å². The lowest BCUT2D eigenvalue weighted by molar-refractivity contribution is -0.138. The highest BCUT2D eigenvalue weighted by molar-refractivity contribution is 6.31. The number of carboxylic acid groups (broad SMARTS) is 1. The largest absolute Gasteiger partial charge is 0.480 e. The maximum absolute atomic E-state index is 14.4. The Bertz CT molecular complexity index is 1560. The fourth-order valence-electron chi connectivity index (χ4n) is 6.00. The molecule has 1 aromatic carbocycles. The van der Waals surface area contributed by atoms with Crippen molar-refractivity contribution in [3.05, 3.63) is 64.5 Å². The van der Waals surface area contributed by atoms with Gasteiger partial charge in [-0.2, -0.15) is 13.9 Å². The molecule has 0 aliphatic heterocycles. The quantitative estimate of drug-likeness (QED) is 0.223. The molecule has 2 N–H and O–H groups in total. The van der Waals surface area contributed by atoms with Crippen LogP contribution in [0.3, 0.4) is 0 Å². The molecule has 1 atom stereocenters. The lowest BCUT2D eigenvalue weighted by atomic mass is 9.90. The van der Waals surface area contributed by atoms with Crippen molar-refractivity contribution in [1.29, 1.82) is 0 Å². The summed E-state index contributed by atoms with van der Waals surface area (Å²) in [5.74, 6) is -2.32. The van der Waals surface area contributed by atoms with Gasteiger partial charge in [-0.15, -0.1) is 0 Å². The van der Waals surface area contributed by atoms with Crippen LogP contribution in [0.1, 0.15) is 61.4 Å². The monoisotopic (exact) mass is 589 g/mol. The average molecular weight is 590 g/mol. The first kappa shape index (κ1) is 28.9. The second-order valence-corrected chi connectivity index (χ2v) is 11.0. The van der Waals surface area contributed by atoms with E-state index in [0.717, 1.165) is 60.0 Å². The molecule has 0 amide bonds. The van der Waals surface area contributed by atoms with Crippen molar-refractivity contribution in [3.8, 4) is 16.9 Å². The summed E-state index contributed by atoms with van der Waals surface area (Å²) >= 11 is 6.25. The molecule has 1 aliphatic carbocycles. The molecule has 0 spiro atoms. The Kier molecular flexibility index (Phi) is 8.28. The van der Waals surface area contributed by atoms with E-state index in [2.05, 4.69) is 14.7 Å². The third-order valence-corrected chi connectivity index (χ3v) is 8.53. The van der Waals surface area contributed by atoms with Gasteiger partial charge in [0.05, 0.1) is 23.8 Å². The van der Waals surface area contributed by atoms with Gasteiger partial charge in [-0.3, -0.25) is 14.4 Å². The topological polar surface area (TPSA) is 96.3 Å². The van der Waals surface area contributed by atoms with Crippen molar-refractivity contribution >= 4 is 28.6 Å². The lowest BCUT2D eigenvalue weighted by Crippen LogP contribution is -2.38. The Hall–Kier alpha value is -3.57. The van der Waals surface area contributed by atoms with Gasteiger partial charge in [0.25, 0.3) is 0 Å². The number of benzene rings is 1. The molecule has 218 valence electrons. The number of aromatic nitrogens is 4. The minimum Gasteiger partial charge on any atom is -0.480 e. The predicted molar refractivity (Wildman–Crippen MR) is 149 cm³/mol. The molecule has 4 aromatic rings. The summed E-state index contributed by atoms with van der Waals surface area (Å²) in [6.45, 7) is 0.707. The number of carboxylic acids is 1. The summed E-state index contributed by atoms with van der Waals surface area (Å²) in [5.41, 5.74) is 4.16. The molecule has 5 rings (SSSR count). The highest BCUT2D eigenvalue weighted by Gasteiger charge is 2.28. The smallest absolute Gasteiger partial charge is 0.387 e. The van der Waals surface area contributed by atoms with Gasteiger partial charge in [-0.1, -0.05) is 18.5 Å². The molecular formula is C29H31ClF3N5O3. The van der Waals surface area contributed by atoms with Crippen molar-refractivity contribution in [2.24, 2.45) is 0 Å². The molecule has 1 saturated carbocycles. The molecule has 0 saturated heterocycles. The van der Waals surface area contributed by atoms with E-state index >= 15 is 0 Å². The van der Waals surface area contributed by atoms with Crippen molar-refractivity contribution in [2.45, 2.75) is 64.1 Å². The zero-order valence-corrected chi connectivity index (χ0v) is 23.6. The number of hydrogen-bond acceptors (Lipinski definition) is 5. The van der Waals surface area contributed by atoms with Gasteiger partial charge in [-0.25, -0.2) is 9.37 Å². The molecule has 0 radical (unpaired) electrons. The zero-order chi connectivity index (χ0) is 29.4. The van der Waals surface area contributed by atoms with Crippen LogP contribution in [0.4, 0.5) is 13.2 Å². The SMILES string of the molecule is Cc1c(-c2cnc3[nH]cc(C(C)c4c(OC(F)F)ccc(F)c4Cl)c3c2)cnn1C1CCC(N(C)CC(=O)O)CC1. The number of rotatable bonds is 9. The number of hydrogen-bond donors (Lipinski definition) is 2. The number of aliphatic carboxylic acids is 1. The number of nitrogens with zero attached hydrogens (tertiary/aromatic N) is 4. The molecule has 3 aromatic heterocycles. The van der Waals surface area contributed by atoms with Crippen LogP contribution in [0, 0.1) is 12.7 Å². The van der Waals surface area contributed by atoms with Gasteiger partial charge in [0, 0.05) is 52.1 Å². The van der Waals surface area contributed by atoms with Gasteiger partial charge < -0.3 is 14.8 Å². The Morgan fingerprint density at radius 1 is 1.27 bits per heavy atom. The maximum atomic E-state index is 14.4. The van der Waals surface area contributed by atoms with E-state index in [1.165, 1.54) is 0 Å². The van der Waals surface area contributed by atoms with E-state index < -0.39 is 24.3 Å². The molecule has 1 unspecified atom stereocenters. The van der Waals surface area contributed by atoms with E-state index in [9.17, 15) is 18.0 Å². The van der Waals surface area contributed by atoms with Gasteiger partial charge in [-0.05, 0) is 63.4 Å². The molecule has 41 heavy (non-hydrogen) atoms. The van der Waals surface area contributed by atoms with Crippen LogP contribution < -0.4 is 4.74 Å².